The van der Waals surface area contributed by atoms with E-state index in [4.69, 9.17) is 26.8 Å². The molecule has 7 nitrogen and oxygen atoms in total. The number of rotatable bonds is 3. The molecule has 0 aliphatic carbocycles. The van der Waals surface area contributed by atoms with Gasteiger partial charge in [-0.15, -0.1) is 0 Å². The number of phenols is 1. The van der Waals surface area contributed by atoms with Gasteiger partial charge in [0.15, 0.2) is 11.5 Å². The quantitative estimate of drug-likeness (QED) is 0.562. The third-order valence-corrected chi connectivity index (χ3v) is 5.73. The highest BCUT2D eigenvalue weighted by Gasteiger charge is 2.36. The molecule has 1 aliphatic heterocycles. The summed E-state index contributed by atoms with van der Waals surface area (Å²) in [5.41, 5.74) is 9.12. The van der Waals surface area contributed by atoms with Crippen molar-refractivity contribution in [3.8, 4) is 29.1 Å². The highest BCUT2D eigenvalue weighted by molar-refractivity contribution is 9.10. The van der Waals surface area contributed by atoms with Crippen LogP contribution in [0.2, 0.25) is 5.02 Å². The molecular weight excluding hydrogens is 472 g/mol. The first kappa shape index (κ1) is 20.1. The van der Waals surface area contributed by atoms with Crippen molar-refractivity contribution < 1.29 is 14.6 Å². The Hall–Kier alpha value is -3.15. The molecule has 3 aromatic rings. The lowest BCUT2D eigenvalue weighted by Crippen LogP contribution is -2.22. The fourth-order valence-corrected chi connectivity index (χ4v) is 4.19. The Morgan fingerprint density at radius 3 is 2.80 bits per heavy atom. The molecule has 0 spiro atoms. The lowest BCUT2D eigenvalue weighted by atomic mass is 9.84. The van der Waals surface area contributed by atoms with Gasteiger partial charge in [-0.2, -0.15) is 10.4 Å². The minimum Gasteiger partial charge on any atom is -0.503 e. The summed E-state index contributed by atoms with van der Waals surface area (Å²) in [4.78, 5) is 0. The summed E-state index contributed by atoms with van der Waals surface area (Å²) < 4.78 is 13.2. The number of benzene rings is 2. The van der Waals surface area contributed by atoms with Crippen molar-refractivity contribution in [2.45, 2.75) is 12.8 Å². The molecule has 9 heteroatoms. The summed E-state index contributed by atoms with van der Waals surface area (Å²) in [6.45, 7) is 1.83. The van der Waals surface area contributed by atoms with Crippen LogP contribution in [0, 0.1) is 18.3 Å². The van der Waals surface area contributed by atoms with Crippen LogP contribution in [0.4, 0.5) is 0 Å². The summed E-state index contributed by atoms with van der Waals surface area (Å²) in [6, 6.07) is 12.7. The first-order valence-electron chi connectivity index (χ1n) is 8.85. The molecule has 0 saturated heterocycles. The molecule has 2 aromatic carbocycles. The van der Waals surface area contributed by atoms with Crippen LogP contribution < -0.4 is 15.2 Å². The number of hydrogen-bond donors (Lipinski definition) is 2. The molecule has 1 atom stereocenters. The predicted octanol–water partition coefficient (Wildman–Crippen LogP) is 4.53. The summed E-state index contributed by atoms with van der Waals surface area (Å²) in [6.07, 6.45) is 0. The summed E-state index contributed by atoms with van der Waals surface area (Å²) in [7, 11) is 1.46. The van der Waals surface area contributed by atoms with E-state index >= 15 is 0 Å². The maximum absolute atomic E-state index is 10.2. The number of nitrogens with two attached hydrogens (primary N) is 1. The Morgan fingerprint density at radius 1 is 1.37 bits per heavy atom. The highest BCUT2D eigenvalue weighted by Crippen LogP contribution is 2.47. The van der Waals surface area contributed by atoms with Crippen molar-refractivity contribution >= 4 is 27.5 Å². The van der Waals surface area contributed by atoms with Gasteiger partial charge in [0.2, 0.25) is 11.8 Å². The third kappa shape index (κ3) is 3.16. The van der Waals surface area contributed by atoms with Gasteiger partial charge in [-0.3, -0.25) is 0 Å². The second kappa shape index (κ2) is 7.59. The molecule has 0 saturated carbocycles. The van der Waals surface area contributed by atoms with Crippen LogP contribution in [0.15, 0.2) is 52.3 Å². The fraction of sp³-hybridized carbons (Fsp3) is 0.143. The van der Waals surface area contributed by atoms with Crippen LogP contribution in [0.3, 0.4) is 0 Å². The van der Waals surface area contributed by atoms with E-state index in [2.05, 4.69) is 27.1 Å². The zero-order chi connectivity index (χ0) is 21.6. The van der Waals surface area contributed by atoms with Gasteiger partial charge < -0.3 is 20.3 Å². The van der Waals surface area contributed by atoms with E-state index in [1.165, 1.54) is 7.11 Å². The van der Waals surface area contributed by atoms with Gasteiger partial charge in [0.25, 0.3) is 0 Å². The van der Waals surface area contributed by atoms with Crippen LogP contribution in [-0.4, -0.2) is 22.0 Å². The van der Waals surface area contributed by atoms with Crippen LogP contribution in [0.25, 0.3) is 5.69 Å². The van der Waals surface area contributed by atoms with Gasteiger partial charge >= 0.3 is 0 Å². The first-order valence-corrected chi connectivity index (χ1v) is 10.0. The Balaban J connectivity index is 1.98. The molecular formula is C21H16BrClN4O3. The average molecular weight is 488 g/mol. The fourth-order valence-electron chi connectivity index (χ4n) is 3.55. The number of methoxy groups -OCH3 is 1. The Kier molecular flexibility index (Phi) is 5.10. The number of fused-ring (bicyclic) bond motifs is 1. The molecule has 152 valence electrons. The average Bonchev–Trinajstić information content (AvgIpc) is 3.05. The SMILES string of the molecule is COc1cc(C2C(C#N)=C(N)Oc3c2c(C)nn3-c2cccc(Cl)c2)cc(Br)c1O. The summed E-state index contributed by atoms with van der Waals surface area (Å²) >= 11 is 9.49. The van der Waals surface area contributed by atoms with Gasteiger partial charge in [0.1, 0.15) is 11.6 Å². The summed E-state index contributed by atoms with van der Waals surface area (Å²) in [5, 5.41) is 25.2. The van der Waals surface area contributed by atoms with Crippen molar-refractivity contribution in [3.63, 3.8) is 0 Å². The monoisotopic (exact) mass is 486 g/mol. The second-order valence-electron chi connectivity index (χ2n) is 6.67. The Bertz CT molecular complexity index is 1250. The zero-order valence-corrected chi connectivity index (χ0v) is 18.3. The number of nitrogens with zero attached hydrogens (tertiary/aromatic N) is 3. The topological polar surface area (TPSA) is 106 Å². The van der Waals surface area contributed by atoms with Gasteiger partial charge in [-0.1, -0.05) is 17.7 Å². The number of aryl methyl sites for hydroxylation is 1. The Morgan fingerprint density at radius 2 is 2.13 bits per heavy atom. The third-order valence-electron chi connectivity index (χ3n) is 4.89. The number of halogens is 2. The number of allylic oxidation sites excluding steroid dienone is 1. The molecule has 4 rings (SSSR count). The van der Waals surface area contributed by atoms with E-state index in [1.54, 1.807) is 28.9 Å². The lowest BCUT2D eigenvalue weighted by molar-refractivity contribution is 0.364. The van der Waals surface area contributed by atoms with Gasteiger partial charge in [0.05, 0.1) is 34.4 Å². The number of aromatic nitrogens is 2. The standard InChI is InChI=1S/C21H16BrClN4O3/c1-10-17-18(11-6-15(22)19(28)16(7-11)29-2)14(9-24)20(25)30-21(17)27(26-10)13-5-3-4-12(23)8-13/h3-8,18,28H,25H2,1-2H3. The molecule has 0 amide bonds. The van der Waals surface area contributed by atoms with E-state index in [0.717, 1.165) is 0 Å². The molecule has 0 fully saturated rings. The number of phenolic OH excluding ortho intramolecular Hbond substituents is 1. The number of aromatic hydroxyl groups is 1. The normalized spacial score (nSPS) is 15.4. The summed E-state index contributed by atoms with van der Waals surface area (Å²) in [5.74, 6) is 0.0664. The zero-order valence-electron chi connectivity index (χ0n) is 16.0. The minimum atomic E-state index is -0.558. The van der Waals surface area contributed by atoms with E-state index in [-0.39, 0.29) is 23.0 Å². The molecule has 1 aromatic heterocycles. The molecule has 1 aliphatic rings. The van der Waals surface area contributed by atoms with Crippen molar-refractivity contribution in [1.82, 2.24) is 9.78 Å². The van der Waals surface area contributed by atoms with E-state index in [0.29, 0.717) is 37.9 Å². The first-order chi connectivity index (χ1) is 14.3. The van der Waals surface area contributed by atoms with E-state index in [1.807, 2.05) is 19.1 Å². The maximum Gasteiger partial charge on any atom is 0.229 e. The van der Waals surface area contributed by atoms with Crippen LogP contribution in [0.1, 0.15) is 22.7 Å². The predicted molar refractivity (Wildman–Crippen MR) is 115 cm³/mol. The van der Waals surface area contributed by atoms with Gasteiger partial charge in [0, 0.05) is 5.02 Å². The molecule has 2 heterocycles. The van der Waals surface area contributed by atoms with Crippen molar-refractivity contribution in [1.29, 1.82) is 5.26 Å². The van der Waals surface area contributed by atoms with Crippen molar-refractivity contribution in [2.24, 2.45) is 5.73 Å². The molecule has 0 bridgehead atoms. The number of ether oxygens (including phenoxy) is 2. The lowest BCUT2D eigenvalue weighted by Gasteiger charge is -2.25. The smallest absolute Gasteiger partial charge is 0.229 e. The van der Waals surface area contributed by atoms with Gasteiger partial charge in [-0.25, -0.2) is 4.68 Å². The molecule has 3 N–H and O–H groups in total. The van der Waals surface area contributed by atoms with Gasteiger partial charge in [-0.05, 0) is 58.7 Å². The number of hydrogen-bond acceptors (Lipinski definition) is 6. The Labute approximate surface area is 186 Å². The highest BCUT2D eigenvalue weighted by atomic mass is 79.9. The minimum absolute atomic E-state index is 0.0126. The second-order valence-corrected chi connectivity index (χ2v) is 7.97. The van der Waals surface area contributed by atoms with E-state index in [9.17, 15) is 10.4 Å². The molecule has 0 radical (unpaired) electrons. The molecule has 1 unspecified atom stereocenters. The largest absolute Gasteiger partial charge is 0.503 e. The van der Waals surface area contributed by atoms with Crippen LogP contribution >= 0.6 is 27.5 Å². The van der Waals surface area contributed by atoms with E-state index < -0.39 is 5.92 Å². The maximum atomic E-state index is 10.2. The number of nitriles is 1. The van der Waals surface area contributed by atoms with Crippen molar-refractivity contribution in [3.05, 3.63) is 74.2 Å². The van der Waals surface area contributed by atoms with Crippen LogP contribution in [0.5, 0.6) is 17.4 Å². The van der Waals surface area contributed by atoms with Crippen LogP contribution in [-0.2, 0) is 0 Å². The van der Waals surface area contributed by atoms with Crippen molar-refractivity contribution in [2.75, 3.05) is 7.11 Å². The molecule has 30 heavy (non-hydrogen) atoms.